The molecule has 2 aromatic carbocycles. The van der Waals surface area contributed by atoms with E-state index >= 15 is 0 Å². The normalized spacial score (nSPS) is 10.5. The minimum Gasteiger partial charge on any atom is -0.457 e. The Morgan fingerprint density at radius 2 is 1.81 bits per heavy atom. The zero-order valence-corrected chi connectivity index (χ0v) is 13.3. The molecule has 0 saturated carbocycles. The second kappa shape index (κ2) is 6.26. The SMILES string of the molecule is Cc1cc(C)cc(COC(=O)c2cc(N)c(F)cc2Br)c1. The van der Waals surface area contributed by atoms with Gasteiger partial charge in [-0.1, -0.05) is 29.3 Å². The van der Waals surface area contributed by atoms with E-state index in [4.69, 9.17) is 10.5 Å². The van der Waals surface area contributed by atoms with Crippen molar-refractivity contribution in [3.63, 3.8) is 0 Å². The van der Waals surface area contributed by atoms with Crippen molar-refractivity contribution in [1.29, 1.82) is 0 Å². The number of carbonyl (C=O) groups excluding carboxylic acids is 1. The molecule has 0 aliphatic carbocycles. The second-order valence-corrected chi connectivity index (χ2v) is 5.78. The van der Waals surface area contributed by atoms with E-state index in [9.17, 15) is 9.18 Å². The Balaban J connectivity index is 2.13. The maximum Gasteiger partial charge on any atom is 0.339 e. The molecule has 0 spiro atoms. The van der Waals surface area contributed by atoms with Gasteiger partial charge in [0.15, 0.2) is 0 Å². The maximum atomic E-state index is 13.3. The summed E-state index contributed by atoms with van der Waals surface area (Å²) in [4.78, 5) is 12.0. The van der Waals surface area contributed by atoms with E-state index in [-0.39, 0.29) is 17.9 Å². The number of carbonyl (C=O) groups is 1. The second-order valence-electron chi connectivity index (χ2n) is 4.93. The van der Waals surface area contributed by atoms with Crippen molar-refractivity contribution in [3.05, 3.63) is 62.9 Å². The van der Waals surface area contributed by atoms with Gasteiger partial charge in [-0.2, -0.15) is 0 Å². The third-order valence-corrected chi connectivity index (χ3v) is 3.61. The molecule has 3 nitrogen and oxygen atoms in total. The molecule has 0 atom stereocenters. The van der Waals surface area contributed by atoms with Crippen LogP contribution in [0.25, 0.3) is 0 Å². The largest absolute Gasteiger partial charge is 0.457 e. The lowest BCUT2D eigenvalue weighted by molar-refractivity contribution is 0.0471. The van der Waals surface area contributed by atoms with Crippen molar-refractivity contribution < 1.29 is 13.9 Å². The van der Waals surface area contributed by atoms with E-state index in [0.29, 0.717) is 4.47 Å². The Morgan fingerprint density at radius 1 is 1.19 bits per heavy atom. The molecule has 0 aromatic heterocycles. The lowest BCUT2D eigenvalue weighted by Crippen LogP contribution is -2.08. The van der Waals surface area contributed by atoms with Gasteiger partial charge in [-0.05, 0) is 47.5 Å². The molecule has 110 valence electrons. The summed E-state index contributed by atoms with van der Waals surface area (Å²) in [5.41, 5.74) is 8.71. The van der Waals surface area contributed by atoms with E-state index in [2.05, 4.69) is 15.9 Å². The van der Waals surface area contributed by atoms with Crippen molar-refractivity contribution in [2.45, 2.75) is 20.5 Å². The Bertz CT molecular complexity index is 681. The highest BCUT2D eigenvalue weighted by Gasteiger charge is 2.15. The van der Waals surface area contributed by atoms with Crippen LogP contribution in [0.15, 0.2) is 34.8 Å². The highest BCUT2D eigenvalue weighted by atomic mass is 79.9. The average Bonchev–Trinajstić information content (AvgIpc) is 2.39. The number of esters is 1. The van der Waals surface area contributed by atoms with Crippen LogP contribution in [0.5, 0.6) is 0 Å². The zero-order chi connectivity index (χ0) is 15.6. The zero-order valence-electron chi connectivity index (χ0n) is 11.7. The van der Waals surface area contributed by atoms with Crippen LogP contribution in [0, 0.1) is 19.7 Å². The van der Waals surface area contributed by atoms with Crippen LogP contribution in [-0.4, -0.2) is 5.97 Å². The molecule has 0 heterocycles. The highest BCUT2D eigenvalue weighted by Crippen LogP contribution is 2.24. The number of benzene rings is 2. The molecule has 21 heavy (non-hydrogen) atoms. The van der Waals surface area contributed by atoms with Gasteiger partial charge < -0.3 is 10.5 Å². The molecule has 5 heteroatoms. The number of nitrogens with two attached hydrogens (primary N) is 1. The van der Waals surface area contributed by atoms with E-state index in [1.165, 1.54) is 6.07 Å². The van der Waals surface area contributed by atoms with Crippen molar-refractivity contribution in [1.82, 2.24) is 0 Å². The van der Waals surface area contributed by atoms with Gasteiger partial charge in [0.1, 0.15) is 12.4 Å². The van der Waals surface area contributed by atoms with Crippen LogP contribution in [0.4, 0.5) is 10.1 Å². The third-order valence-electron chi connectivity index (χ3n) is 2.96. The van der Waals surface area contributed by atoms with Gasteiger partial charge in [-0.3, -0.25) is 0 Å². The van der Waals surface area contributed by atoms with Gasteiger partial charge in [0, 0.05) is 4.47 Å². The van der Waals surface area contributed by atoms with Crippen LogP contribution in [0.3, 0.4) is 0 Å². The summed E-state index contributed by atoms with van der Waals surface area (Å²) in [5, 5.41) is 0. The van der Waals surface area contributed by atoms with Gasteiger partial charge >= 0.3 is 5.97 Å². The molecule has 2 rings (SSSR count). The van der Waals surface area contributed by atoms with Gasteiger partial charge in [0.2, 0.25) is 0 Å². The highest BCUT2D eigenvalue weighted by molar-refractivity contribution is 9.10. The summed E-state index contributed by atoms with van der Waals surface area (Å²) in [6.07, 6.45) is 0. The number of aryl methyl sites for hydroxylation is 2. The van der Waals surface area contributed by atoms with E-state index in [1.807, 2.05) is 32.0 Å². The minimum absolute atomic E-state index is 0.0865. The molecule has 0 aliphatic heterocycles. The number of hydrogen-bond donors (Lipinski definition) is 1. The predicted molar refractivity (Wildman–Crippen MR) is 83.5 cm³/mol. The van der Waals surface area contributed by atoms with Crippen molar-refractivity contribution in [2.75, 3.05) is 5.73 Å². The predicted octanol–water partition coefficient (Wildman–Crippen LogP) is 4.14. The molecule has 0 unspecified atom stereocenters. The fourth-order valence-corrected chi connectivity index (χ4v) is 2.58. The van der Waals surface area contributed by atoms with Crippen molar-refractivity contribution in [3.8, 4) is 0 Å². The minimum atomic E-state index is -0.576. The number of ether oxygens (including phenoxy) is 1. The molecule has 0 amide bonds. The summed E-state index contributed by atoms with van der Waals surface area (Å²) >= 11 is 3.13. The summed E-state index contributed by atoms with van der Waals surface area (Å²) in [6.45, 7) is 4.12. The fourth-order valence-electron chi connectivity index (χ4n) is 2.10. The Hall–Kier alpha value is -1.88. The number of nitrogen functional groups attached to an aromatic ring is 1. The first-order chi connectivity index (χ1) is 9.86. The molecule has 0 bridgehead atoms. The standard InChI is InChI=1S/C16H15BrFNO2/c1-9-3-10(2)5-11(4-9)8-21-16(20)12-6-15(19)14(18)7-13(12)17/h3-7H,8,19H2,1-2H3. The Morgan fingerprint density at radius 3 is 2.43 bits per heavy atom. The van der Waals surface area contributed by atoms with Crippen molar-refractivity contribution >= 4 is 27.6 Å². The molecular weight excluding hydrogens is 337 g/mol. The van der Waals surface area contributed by atoms with Gasteiger partial charge in [-0.15, -0.1) is 0 Å². The van der Waals surface area contributed by atoms with Crippen LogP contribution < -0.4 is 5.73 Å². The summed E-state index contributed by atoms with van der Waals surface area (Å²) in [7, 11) is 0. The molecule has 0 fully saturated rings. The molecule has 0 radical (unpaired) electrons. The number of rotatable bonds is 3. The first kappa shape index (κ1) is 15.5. The molecule has 0 saturated heterocycles. The monoisotopic (exact) mass is 351 g/mol. The van der Waals surface area contributed by atoms with Gasteiger partial charge in [0.25, 0.3) is 0 Å². The third kappa shape index (κ3) is 3.82. The van der Waals surface area contributed by atoms with Crippen LogP contribution in [0.1, 0.15) is 27.0 Å². The first-order valence-electron chi connectivity index (χ1n) is 6.35. The van der Waals surface area contributed by atoms with E-state index in [1.54, 1.807) is 0 Å². The summed E-state index contributed by atoms with van der Waals surface area (Å²) < 4.78 is 18.8. The number of halogens is 2. The quantitative estimate of drug-likeness (QED) is 0.667. The van der Waals surface area contributed by atoms with Crippen LogP contribution in [0.2, 0.25) is 0 Å². The smallest absolute Gasteiger partial charge is 0.339 e. The molecular formula is C16H15BrFNO2. The first-order valence-corrected chi connectivity index (χ1v) is 7.15. The Kier molecular flexibility index (Phi) is 4.63. The summed E-state index contributed by atoms with van der Waals surface area (Å²) in [5.74, 6) is -1.12. The fraction of sp³-hybridized carbons (Fsp3) is 0.188. The van der Waals surface area contributed by atoms with Gasteiger partial charge in [-0.25, -0.2) is 9.18 Å². The van der Waals surface area contributed by atoms with Crippen molar-refractivity contribution in [2.24, 2.45) is 0 Å². The van der Waals surface area contributed by atoms with E-state index in [0.717, 1.165) is 22.8 Å². The van der Waals surface area contributed by atoms with Crippen LogP contribution >= 0.6 is 15.9 Å². The lowest BCUT2D eigenvalue weighted by atomic mass is 10.1. The van der Waals surface area contributed by atoms with Crippen LogP contribution in [-0.2, 0) is 11.3 Å². The molecule has 2 aromatic rings. The summed E-state index contributed by atoms with van der Waals surface area (Å²) in [6, 6.07) is 8.37. The Labute approximate surface area is 131 Å². The maximum absolute atomic E-state index is 13.3. The number of anilines is 1. The number of hydrogen-bond acceptors (Lipinski definition) is 3. The lowest BCUT2D eigenvalue weighted by Gasteiger charge is -2.09. The van der Waals surface area contributed by atoms with E-state index < -0.39 is 11.8 Å². The van der Waals surface area contributed by atoms with Gasteiger partial charge in [0.05, 0.1) is 11.3 Å². The average molecular weight is 352 g/mol. The molecule has 2 N–H and O–H groups in total. The molecule has 0 aliphatic rings. The topological polar surface area (TPSA) is 52.3 Å².